The van der Waals surface area contributed by atoms with E-state index in [1.807, 2.05) is 84.9 Å². The van der Waals surface area contributed by atoms with Crippen molar-refractivity contribution in [3.05, 3.63) is 107 Å². The molecule has 3 rings (SSSR count). The molecule has 0 unspecified atom stereocenters. The third-order valence-electron chi connectivity index (χ3n) is 3.92. The Balaban J connectivity index is 1.70. The van der Waals surface area contributed by atoms with Gasteiger partial charge < -0.3 is 14.6 Å². The first-order valence-electron chi connectivity index (χ1n) is 8.36. The second-order valence-electron chi connectivity index (χ2n) is 5.82. The second kappa shape index (κ2) is 9.14. The summed E-state index contributed by atoms with van der Waals surface area (Å²) >= 11 is 0. The Hall–Kier alpha value is -2.46. The van der Waals surface area contributed by atoms with Crippen LogP contribution in [-0.2, 0) is 29.3 Å². The van der Waals surface area contributed by atoms with Crippen LogP contribution >= 0.6 is 0 Å². The standard InChI is InChI=1S/C22H22O3/c23-15-18-11-13-21(14-12-18)22(24-16-19-7-3-1-4-8-19)25-17-20-9-5-2-6-10-20/h1-14,22-23H,15-17H2. The Morgan fingerprint density at radius 3 is 1.52 bits per heavy atom. The summed E-state index contributed by atoms with van der Waals surface area (Å²) in [5.41, 5.74) is 4.00. The zero-order chi connectivity index (χ0) is 17.3. The van der Waals surface area contributed by atoms with Crippen LogP contribution in [0.2, 0.25) is 0 Å². The fourth-order valence-corrected chi connectivity index (χ4v) is 2.51. The van der Waals surface area contributed by atoms with Crippen molar-refractivity contribution < 1.29 is 14.6 Å². The quantitative estimate of drug-likeness (QED) is 0.611. The maximum atomic E-state index is 9.21. The minimum Gasteiger partial charge on any atom is -0.392 e. The molecule has 0 fully saturated rings. The smallest absolute Gasteiger partial charge is 0.184 e. The van der Waals surface area contributed by atoms with Gasteiger partial charge >= 0.3 is 0 Å². The average Bonchev–Trinajstić information content (AvgIpc) is 2.70. The van der Waals surface area contributed by atoms with Crippen molar-refractivity contribution in [3.63, 3.8) is 0 Å². The third-order valence-corrected chi connectivity index (χ3v) is 3.92. The first kappa shape index (κ1) is 17.4. The monoisotopic (exact) mass is 334 g/mol. The topological polar surface area (TPSA) is 38.7 Å². The predicted octanol–water partition coefficient (Wildman–Crippen LogP) is 4.61. The van der Waals surface area contributed by atoms with E-state index in [1.54, 1.807) is 0 Å². The molecular formula is C22H22O3. The lowest BCUT2D eigenvalue weighted by atomic mass is 10.1. The molecule has 0 bridgehead atoms. The van der Waals surface area contributed by atoms with Gasteiger partial charge in [0.05, 0.1) is 19.8 Å². The van der Waals surface area contributed by atoms with E-state index >= 15 is 0 Å². The van der Waals surface area contributed by atoms with Crippen LogP contribution in [0.4, 0.5) is 0 Å². The lowest BCUT2D eigenvalue weighted by molar-refractivity contribution is -0.161. The van der Waals surface area contributed by atoms with Gasteiger partial charge in [0.15, 0.2) is 6.29 Å². The van der Waals surface area contributed by atoms with Crippen LogP contribution in [0.5, 0.6) is 0 Å². The van der Waals surface area contributed by atoms with E-state index in [0.717, 1.165) is 22.3 Å². The average molecular weight is 334 g/mol. The minimum absolute atomic E-state index is 0.0285. The molecule has 0 radical (unpaired) electrons. The van der Waals surface area contributed by atoms with Gasteiger partial charge in [-0.3, -0.25) is 0 Å². The van der Waals surface area contributed by atoms with E-state index in [1.165, 1.54) is 0 Å². The van der Waals surface area contributed by atoms with Crippen molar-refractivity contribution in [2.75, 3.05) is 0 Å². The number of hydrogen-bond donors (Lipinski definition) is 1. The molecule has 0 aliphatic rings. The number of aliphatic hydroxyl groups excluding tert-OH is 1. The van der Waals surface area contributed by atoms with Crippen molar-refractivity contribution in [3.8, 4) is 0 Å². The lowest BCUT2D eigenvalue weighted by Gasteiger charge is -2.19. The van der Waals surface area contributed by atoms with Crippen LogP contribution in [-0.4, -0.2) is 5.11 Å². The van der Waals surface area contributed by atoms with E-state index in [-0.39, 0.29) is 6.61 Å². The Morgan fingerprint density at radius 1 is 0.600 bits per heavy atom. The van der Waals surface area contributed by atoms with Gasteiger partial charge in [0, 0.05) is 5.56 Å². The summed E-state index contributed by atoms with van der Waals surface area (Å²) in [7, 11) is 0. The van der Waals surface area contributed by atoms with E-state index in [9.17, 15) is 5.11 Å². The lowest BCUT2D eigenvalue weighted by Crippen LogP contribution is -2.09. The third kappa shape index (κ3) is 5.26. The molecule has 0 saturated carbocycles. The minimum atomic E-state index is -0.465. The van der Waals surface area contributed by atoms with Gasteiger partial charge in [-0.25, -0.2) is 0 Å². The summed E-state index contributed by atoms with van der Waals surface area (Å²) in [4.78, 5) is 0. The Bertz CT molecular complexity index is 696. The van der Waals surface area contributed by atoms with Crippen LogP contribution < -0.4 is 0 Å². The highest BCUT2D eigenvalue weighted by atomic mass is 16.7. The molecule has 1 N–H and O–H groups in total. The van der Waals surface area contributed by atoms with Gasteiger partial charge in [-0.2, -0.15) is 0 Å². The van der Waals surface area contributed by atoms with Crippen molar-refractivity contribution in [1.29, 1.82) is 0 Å². The Morgan fingerprint density at radius 2 is 1.08 bits per heavy atom. The largest absolute Gasteiger partial charge is 0.392 e. The van der Waals surface area contributed by atoms with E-state index in [4.69, 9.17) is 9.47 Å². The molecule has 3 nitrogen and oxygen atoms in total. The van der Waals surface area contributed by atoms with Crippen molar-refractivity contribution >= 4 is 0 Å². The Labute approximate surface area is 148 Å². The molecule has 3 aromatic carbocycles. The normalized spacial score (nSPS) is 11.0. The van der Waals surface area contributed by atoms with Gasteiger partial charge in [0.25, 0.3) is 0 Å². The molecule has 0 heterocycles. The van der Waals surface area contributed by atoms with Gasteiger partial charge in [-0.1, -0.05) is 84.9 Å². The zero-order valence-electron chi connectivity index (χ0n) is 14.0. The van der Waals surface area contributed by atoms with Crippen LogP contribution in [0, 0.1) is 0 Å². The van der Waals surface area contributed by atoms with Crippen LogP contribution in [0.25, 0.3) is 0 Å². The Kier molecular flexibility index (Phi) is 6.35. The summed E-state index contributed by atoms with van der Waals surface area (Å²) in [6.07, 6.45) is -0.465. The fourth-order valence-electron chi connectivity index (χ4n) is 2.51. The molecule has 0 atom stereocenters. The number of aliphatic hydroxyl groups is 1. The van der Waals surface area contributed by atoms with Crippen LogP contribution in [0.1, 0.15) is 28.5 Å². The summed E-state index contributed by atoms with van der Waals surface area (Å²) in [6, 6.07) is 27.7. The molecule has 0 spiro atoms. The zero-order valence-corrected chi connectivity index (χ0v) is 14.0. The van der Waals surface area contributed by atoms with E-state index in [2.05, 4.69) is 0 Å². The van der Waals surface area contributed by atoms with Gasteiger partial charge in [-0.05, 0) is 16.7 Å². The van der Waals surface area contributed by atoms with E-state index < -0.39 is 6.29 Å². The van der Waals surface area contributed by atoms with Crippen molar-refractivity contribution in [2.24, 2.45) is 0 Å². The maximum absolute atomic E-state index is 9.21. The number of benzene rings is 3. The van der Waals surface area contributed by atoms with Gasteiger partial charge in [0.1, 0.15) is 0 Å². The summed E-state index contributed by atoms with van der Waals surface area (Å²) in [5.74, 6) is 0. The van der Waals surface area contributed by atoms with Crippen molar-refractivity contribution in [2.45, 2.75) is 26.1 Å². The summed E-state index contributed by atoms with van der Waals surface area (Å²) in [6.45, 7) is 0.977. The van der Waals surface area contributed by atoms with Crippen LogP contribution in [0.3, 0.4) is 0 Å². The second-order valence-corrected chi connectivity index (χ2v) is 5.82. The summed E-state index contributed by atoms with van der Waals surface area (Å²) < 4.78 is 12.0. The highest BCUT2D eigenvalue weighted by molar-refractivity contribution is 5.23. The van der Waals surface area contributed by atoms with Gasteiger partial charge in [0.2, 0.25) is 0 Å². The SMILES string of the molecule is OCc1ccc(C(OCc2ccccc2)OCc2ccccc2)cc1. The van der Waals surface area contributed by atoms with E-state index in [0.29, 0.717) is 13.2 Å². The predicted molar refractivity (Wildman–Crippen MR) is 97.6 cm³/mol. The number of ether oxygens (including phenoxy) is 2. The highest BCUT2D eigenvalue weighted by Crippen LogP contribution is 2.23. The number of rotatable bonds is 8. The maximum Gasteiger partial charge on any atom is 0.184 e. The van der Waals surface area contributed by atoms with Crippen LogP contribution in [0.15, 0.2) is 84.9 Å². The summed E-state index contributed by atoms with van der Waals surface area (Å²) in [5, 5.41) is 9.21. The molecule has 0 saturated heterocycles. The molecule has 0 aromatic heterocycles. The first-order chi connectivity index (χ1) is 12.3. The molecular weight excluding hydrogens is 312 g/mol. The molecule has 3 heteroatoms. The number of hydrogen-bond acceptors (Lipinski definition) is 3. The highest BCUT2D eigenvalue weighted by Gasteiger charge is 2.13. The first-order valence-corrected chi connectivity index (χ1v) is 8.36. The van der Waals surface area contributed by atoms with Gasteiger partial charge in [-0.15, -0.1) is 0 Å². The molecule has 25 heavy (non-hydrogen) atoms. The molecule has 0 amide bonds. The molecule has 0 aliphatic carbocycles. The molecule has 0 aliphatic heterocycles. The molecule has 3 aromatic rings. The molecule has 128 valence electrons. The fraction of sp³-hybridized carbons (Fsp3) is 0.182. The van der Waals surface area contributed by atoms with Crippen molar-refractivity contribution in [1.82, 2.24) is 0 Å².